The molecule has 5 nitrogen and oxygen atoms in total. The summed E-state index contributed by atoms with van der Waals surface area (Å²) in [5.41, 5.74) is 0.790. The van der Waals surface area contributed by atoms with Gasteiger partial charge >= 0.3 is 5.97 Å². The minimum absolute atomic E-state index is 0.130. The van der Waals surface area contributed by atoms with Gasteiger partial charge in [0, 0.05) is 17.3 Å². The summed E-state index contributed by atoms with van der Waals surface area (Å²) in [7, 11) is 1.38. The number of carbonyl (C=O) groups is 1. The van der Waals surface area contributed by atoms with E-state index in [1.54, 1.807) is 13.8 Å². The molecule has 0 saturated heterocycles. The number of aryl methyl sites for hydroxylation is 1. The second-order valence-corrected chi connectivity index (χ2v) is 6.86. The zero-order valence-corrected chi connectivity index (χ0v) is 13.1. The van der Waals surface area contributed by atoms with E-state index in [1.165, 1.54) is 18.2 Å². The number of benzene rings is 1. The molecule has 1 aromatic carbocycles. The Bertz CT molecular complexity index is 582. The van der Waals surface area contributed by atoms with E-state index in [0.29, 0.717) is 12.2 Å². The first-order chi connectivity index (χ1) is 9.25. The topological polar surface area (TPSA) is 69.7 Å². The number of halogens is 1. The van der Waals surface area contributed by atoms with Crippen LogP contribution in [0.3, 0.4) is 0 Å². The highest BCUT2D eigenvalue weighted by Gasteiger charge is 2.18. The van der Waals surface area contributed by atoms with Crippen molar-refractivity contribution in [3.05, 3.63) is 29.3 Å². The average molecular weight is 321 g/mol. The van der Waals surface area contributed by atoms with Crippen LogP contribution < -0.4 is 0 Å². The van der Waals surface area contributed by atoms with E-state index in [1.807, 2.05) is 6.92 Å². The number of ether oxygens (including phenoxy) is 2. The predicted molar refractivity (Wildman–Crippen MR) is 75.6 cm³/mol. The van der Waals surface area contributed by atoms with Crippen molar-refractivity contribution in [2.75, 3.05) is 13.2 Å². The fourth-order valence-corrected chi connectivity index (χ4v) is 2.31. The standard InChI is InChI=1S/C13H17ClO5S/c1-4-18-8-10(3)19-13(15)12-7-11(20(14,16)17)6-5-9(12)2/h5-7,10H,4,8H2,1-3H3. The van der Waals surface area contributed by atoms with Gasteiger partial charge in [0.25, 0.3) is 9.05 Å². The monoisotopic (exact) mass is 320 g/mol. The van der Waals surface area contributed by atoms with Gasteiger partial charge in [0.2, 0.25) is 0 Å². The predicted octanol–water partition coefficient (Wildman–Crippen LogP) is 2.50. The summed E-state index contributed by atoms with van der Waals surface area (Å²) in [6.07, 6.45) is -0.418. The number of hydrogen-bond acceptors (Lipinski definition) is 5. The van der Waals surface area contributed by atoms with E-state index in [4.69, 9.17) is 20.2 Å². The van der Waals surface area contributed by atoms with E-state index in [-0.39, 0.29) is 17.1 Å². The zero-order chi connectivity index (χ0) is 15.3. The first kappa shape index (κ1) is 16.9. The Hall–Kier alpha value is -1.11. The third kappa shape index (κ3) is 4.77. The van der Waals surface area contributed by atoms with Gasteiger partial charge in [0.15, 0.2) is 0 Å². The van der Waals surface area contributed by atoms with Crippen molar-refractivity contribution in [3.63, 3.8) is 0 Å². The molecule has 7 heteroatoms. The third-order valence-electron chi connectivity index (χ3n) is 2.58. The molecule has 0 saturated carbocycles. The lowest BCUT2D eigenvalue weighted by Gasteiger charge is -2.14. The van der Waals surface area contributed by atoms with Crippen LogP contribution in [0, 0.1) is 6.92 Å². The summed E-state index contributed by atoms with van der Waals surface area (Å²) in [4.78, 5) is 11.9. The Morgan fingerprint density at radius 1 is 1.40 bits per heavy atom. The third-order valence-corrected chi connectivity index (χ3v) is 3.93. The quantitative estimate of drug-likeness (QED) is 0.595. The highest BCUT2D eigenvalue weighted by atomic mass is 35.7. The minimum atomic E-state index is -3.88. The molecule has 0 aliphatic carbocycles. The molecule has 1 atom stereocenters. The van der Waals surface area contributed by atoms with Gasteiger partial charge in [-0.05, 0) is 38.5 Å². The lowest BCUT2D eigenvalue weighted by Crippen LogP contribution is -2.21. The van der Waals surface area contributed by atoms with Crippen molar-refractivity contribution < 1.29 is 22.7 Å². The van der Waals surface area contributed by atoms with Crippen LogP contribution in [0.4, 0.5) is 0 Å². The largest absolute Gasteiger partial charge is 0.457 e. The van der Waals surface area contributed by atoms with Crippen molar-refractivity contribution in [2.24, 2.45) is 0 Å². The second-order valence-electron chi connectivity index (χ2n) is 4.29. The molecule has 0 bridgehead atoms. The van der Waals surface area contributed by atoms with Crippen LogP contribution in [0.15, 0.2) is 23.1 Å². The molecule has 0 fully saturated rings. The lowest BCUT2D eigenvalue weighted by molar-refractivity contribution is 0.00431. The van der Waals surface area contributed by atoms with E-state index in [9.17, 15) is 13.2 Å². The van der Waals surface area contributed by atoms with Gasteiger partial charge in [0.1, 0.15) is 6.10 Å². The summed E-state index contributed by atoms with van der Waals surface area (Å²) < 4.78 is 32.9. The zero-order valence-electron chi connectivity index (χ0n) is 11.6. The lowest BCUT2D eigenvalue weighted by atomic mass is 10.1. The molecule has 0 heterocycles. The first-order valence-electron chi connectivity index (χ1n) is 6.09. The van der Waals surface area contributed by atoms with Gasteiger partial charge in [-0.25, -0.2) is 13.2 Å². The fourth-order valence-electron chi connectivity index (χ4n) is 1.54. The van der Waals surface area contributed by atoms with Gasteiger partial charge < -0.3 is 9.47 Å². The maximum absolute atomic E-state index is 12.0. The van der Waals surface area contributed by atoms with Crippen LogP contribution >= 0.6 is 10.7 Å². The van der Waals surface area contributed by atoms with Gasteiger partial charge in [0.05, 0.1) is 17.1 Å². The van der Waals surface area contributed by atoms with Gasteiger partial charge in [-0.15, -0.1) is 0 Å². The Morgan fingerprint density at radius 2 is 2.05 bits per heavy atom. The number of carbonyl (C=O) groups excluding carboxylic acids is 1. The van der Waals surface area contributed by atoms with Crippen LogP contribution in [0.25, 0.3) is 0 Å². The Kier molecular flexibility index (Phi) is 5.98. The van der Waals surface area contributed by atoms with E-state index < -0.39 is 21.1 Å². The van der Waals surface area contributed by atoms with E-state index >= 15 is 0 Å². The van der Waals surface area contributed by atoms with Crippen molar-refractivity contribution >= 4 is 25.7 Å². The number of rotatable bonds is 6. The molecule has 0 spiro atoms. The molecule has 0 aliphatic heterocycles. The van der Waals surface area contributed by atoms with Crippen LogP contribution in [0.2, 0.25) is 0 Å². The molecule has 0 N–H and O–H groups in total. The van der Waals surface area contributed by atoms with E-state index in [2.05, 4.69) is 0 Å². The fraction of sp³-hybridized carbons (Fsp3) is 0.462. The Balaban J connectivity index is 2.93. The minimum Gasteiger partial charge on any atom is -0.457 e. The van der Waals surface area contributed by atoms with Crippen LogP contribution in [-0.2, 0) is 18.5 Å². The van der Waals surface area contributed by atoms with Crippen molar-refractivity contribution in [1.82, 2.24) is 0 Å². The molecular weight excluding hydrogens is 304 g/mol. The smallest absolute Gasteiger partial charge is 0.338 e. The first-order valence-corrected chi connectivity index (χ1v) is 8.40. The maximum atomic E-state index is 12.0. The molecule has 0 aliphatic rings. The van der Waals surface area contributed by atoms with Crippen molar-refractivity contribution in [2.45, 2.75) is 31.8 Å². The molecule has 20 heavy (non-hydrogen) atoms. The molecular formula is C13H17ClO5S. The summed E-state index contributed by atoms with van der Waals surface area (Å²) in [6.45, 7) is 6.04. The van der Waals surface area contributed by atoms with Crippen LogP contribution in [-0.4, -0.2) is 33.7 Å². The van der Waals surface area contributed by atoms with Gasteiger partial charge in [-0.3, -0.25) is 0 Å². The molecule has 1 unspecified atom stereocenters. The molecule has 0 amide bonds. The second kappa shape index (κ2) is 7.06. The SMILES string of the molecule is CCOCC(C)OC(=O)c1cc(S(=O)(=O)Cl)ccc1C. The summed E-state index contributed by atoms with van der Waals surface area (Å²) in [5, 5.41) is 0. The van der Waals surface area contributed by atoms with Crippen LogP contribution in [0.5, 0.6) is 0 Å². The van der Waals surface area contributed by atoms with Crippen molar-refractivity contribution in [3.8, 4) is 0 Å². The summed E-state index contributed by atoms with van der Waals surface area (Å²) in [5.74, 6) is -0.600. The van der Waals surface area contributed by atoms with Gasteiger partial charge in [-0.2, -0.15) is 0 Å². The molecule has 1 rings (SSSR count). The highest BCUT2D eigenvalue weighted by molar-refractivity contribution is 8.13. The average Bonchev–Trinajstić information content (AvgIpc) is 2.35. The maximum Gasteiger partial charge on any atom is 0.338 e. The molecule has 0 aromatic heterocycles. The van der Waals surface area contributed by atoms with Crippen LogP contribution in [0.1, 0.15) is 29.8 Å². The molecule has 1 aromatic rings. The molecule has 0 radical (unpaired) electrons. The summed E-state index contributed by atoms with van der Waals surface area (Å²) >= 11 is 0. The number of hydrogen-bond donors (Lipinski definition) is 0. The number of esters is 1. The van der Waals surface area contributed by atoms with Gasteiger partial charge in [-0.1, -0.05) is 6.07 Å². The Morgan fingerprint density at radius 3 is 2.60 bits per heavy atom. The highest BCUT2D eigenvalue weighted by Crippen LogP contribution is 2.20. The normalized spacial score (nSPS) is 13.0. The van der Waals surface area contributed by atoms with E-state index in [0.717, 1.165) is 0 Å². The van der Waals surface area contributed by atoms with Crippen molar-refractivity contribution in [1.29, 1.82) is 0 Å². The Labute approximate surface area is 123 Å². The summed E-state index contributed by atoms with van der Waals surface area (Å²) in [6, 6.07) is 4.07. The molecule has 112 valence electrons.